The molecule has 0 radical (unpaired) electrons. The van der Waals surface area contributed by atoms with Gasteiger partial charge in [-0.1, -0.05) is 0 Å². The van der Waals surface area contributed by atoms with E-state index in [4.69, 9.17) is 4.74 Å². The van der Waals surface area contributed by atoms with Crippen molar-refractivity contribution in [2.45, 2.75) is 20.8 Å². The topological polar surface area (TPSA) is 67.4 Å². The molecule has 0 bridgehead atoms. The van der Waals surface area contributed by atoms with Gasteiger partial charge in [0.05, 0.1) is 7.11 Å². The summed E-state index contributed by atoms with van der Waals surface area (Å²) < 4.78 is 5.26. The van der Waals surface area contributed by atoms with Gasteiger partial charge in [-0.05, 0) is 61.4 Å². The fourth-order valence-corrected chi connectivity index (χ4v) is 2.30. The first kappa shape index (κ1) is 16.5. The molecule has 5 nitrogen and oxygen atoms in total. The maximum Gasteiger partial charge on any atom is 0.255 e. The van der Waals surface area contributed by atoms with E-state index < -0.39 is 0 Å². The molecule has 0 unspecified atom stereocenters. The van der Waals surface area contributed by atoms with Crippen molar-refractivity contribution < 1.29 is 14.3 Å². The van der Waals surface area contributed by atoms with E-state index in [1.165, 1.54) is 6.92 Å². The molecule has 0 aliphatic heterocycles. The fraction of sp³-hybridized carbons (Fsp3) is 0.222. The lowest BCUT2D eigenvalue weighted by Crippen LogP contribution is -2.14. The summed E-state index contributed by atoms with van der Waals surface area (Å²) in [6.45, 7) is 5.27. The van der Waals surface area contributed by atoms with Crippen molar-refractivity contribution >= 4 is 23.2 Å². The average molecular weight is 312 g/mol. The number of hydrogen-bond acceptors (Lipinski definition) is 3. The Balaban J connectivity index is 2.16. The molecule has 0 atom stereocenters. The molecule has 2 N–H and O–H groups in total. The van der Waals surface area contributed by atoms with Crippen molar-refractivity contribution in [3.8, 4) is 5.75 Å². The summed E-state index contributed by atoms with van der Waals surface area (Å²) in [4.78, 5) is 23.4. The quantitative estimate of drug-likeness (QED) is 0.907. The van der Waals surface area contributed by atoms with Crippen molar-refractivity contribution in [1.82, 2.24) is 0 Å². The Kier molecular flexibility index (Phi) is 5.01. The molecule has 0 saturated carbocycles. The van der Waals surface area contributed by atoms with Crippen molar-refractivity contribution in [3.05, 3.63) is 53.1 Å². The van der Waals surface area contributed by atoms with Gasteiger partial charge in [-0.2, -0.15) is 0 Å². The molecular formula is C18H20N2O3. The summed E-state index contributed by atoms with van der Waals surface area (Å²) in [7, 11) is 1.61. The Labute approximate surface area is 135 Å². The molecule has 120 valence electrons. The minimum absolute atomic E-state index is 0.133. The van der Waals surface area contributed by atoms with E-state index in [1.807, 2.05) is 13.8 Å². The Morgan fingerprint density at radius 2 is 1.43 bits per heavy atom. The van der Waals surface area contributed by atoms with Crippen LogP contribution in [0.1, 0.15) is 28.4 Å². The molecule has 2 rings (SSSR count). The van der Waals surface area contributed by atoms with Gasteiger partial charge in [0.25, 0.3) is 5.91 Å². The van der Waals surface area contributed by atoms with Crippen LogP contribution in [0.3, 0.4) is 0 Å². The zero-order chi connectivity index (χ0) is 17.0. The van der Waals surface area contributed by atoms with E-state index >= 15 is 0 Å². The summed E-state index contributed by atoms with van der Waals surface area (Å²) in [5.41, 5.74) is 3.79. The lowest BCUT2D eigenvalue weighted by atomic mass is 10.0. The molecule has 0 aliphatic rings. The molecule has 2 aromatic rings. The van der Waals surface area contributed by atoms with Gasteiger partial charge in [0.15, 0.2) is 0 Å². The number of benzene rings is 2. The van der Waals surface area contributed by atoms with Crippen LogP contribution in [-0.4, -0.2) is 18.9 Å². The van der Waals surface area contributed by atoms with Crippen LogP contribution in [0, 0.1) is 13.8 Å². The van der Waals surface area contributed by atoms with Crippen LogP contribution in [-0.2, 0) is 4.79 Å². The average Bonchev–Trinajstić information content (AvgIpc) is 2.51. The lowest BCUT2D eigenvalue weighted by molar-refractivity contribution is -0.114. The van der Waals surface area contributed by atoms with Crippen molar-refractivity contribution in [2.75, 3.05) is 17.7 Å². The fourth-order valence-electron chi connectivity index (χ4n) is 2.30. The number of carbonyl (C=O) groups excluding carboxylic acids is 2. The van der Waals surface area contributed by atoms with E-state index in [-0.39, 0.29) is 11.8 Å². The standard InChI is InChI=1S/C18H20N2O3/c1-11-12(2)17(23-4)10-9-16(11)18(22)20-15-7-5-14(6-8-15)19-13(3)21/h5-10H,1-4H3,(H,19,21)(H,20,22). The second-order valence-corrected chi connectivity index (χ2v) is 5.28. The molecule has 0 aromatic heterocycles. The van der Waals surface area contributed by atoms with Crippen LogP contribution in [0.25, 0.3) is 0 Å². The monoisotopic (exact) mass is 312 g/mol. The van der Waals surface area contributed by atoms with E-state index in [0.29, 0.717) is 16.9 Å². The molecule has 5 heteroatoms. The molecule has 2 amide bonds. The van der Waals surface area contributed by atoms with Crippen LogP contribution >= 0.6 is 0 Å². The number of hydrogen-bond donors (Lipinski definition) is 2. The van der Waals surface area contributed by atoms with E-state index in [9.17, 15) is 9.59 Å². The lowest BCUT2D eigenvalue weighted by Gasteiger charge is -2.13. The van der Waals surface area contributed by atoms with Gasteiger partial charge < -0.3 is 15.4 Å². The van der Waals surface area contributed by atoms with Crippen molar-refractivity contribution in [1.29, 1.82) is 0 Å². The third-order valence-corrected chi connectivity index (χ3v) is 3.67. The zero-order valence-electron chi connectivity index (χ0n) is 13.7. The number of rotatable bonds is 4. The molecule has 2 aromatic carbocycles. The van der Waals surface area contributed by atoms with Gasteiger partial charge >= 0.3 is 0 Å². The Morgan fingerprint density at radius 3 is 1.96 bits per heavy atom. The summed E-state index contributed by atoms with van der Waals surface area (Å²) in [5, 5.41) is 5.53. The number of anilines is 2. The minimum Gasteiger partial charge on any atom is -0.496 e. The van der Waals surface area contributed by atoms with Crippen LogP contribution in [0.5, 0.6) is 5.75 Å². The highest BCUT2D eigenvalue weighted by Gasteiger charge is 2.13. The van der Waals surface area contributed by atoms with Crippen LogP contribution in [0.2, 0.25) is 0 Å². The molecule has 0 fully saturated rings. The highest BCUT2D eigenvalue weighted by molar-refractivity contribution is 6.05. The summed E-state index contributed by atoms with van der Waals surface area (Å²) in [6.07, 6.45) is 0. The highest BCUT2D eigenvalue weighted by atomic mass is 16.5. The minimum atomic E-state index is -0.180. The van der Waals surface area contributed by atoms with Crippen molar-refractivity contribution in [2.24, 2.45) is 0 Å². The molecule has 0 heterocycles. The third kappa shape index (κ3) is 3.88. The van der Waals surface area contributed by atoms with Gasteiger partial charge in [0.2, 0.25) is 5.91 Å². The van der Waals surface area contributed by atoms with Gasteiger partial charge in [-0.15, -0.1) is 0 Å². The summed E-state index contributed by atoms with van der Waals surface area (Å²) in [6, 6.07) is 10.5. The largest absolute Gasteiger partial charge is 0.496 e. The normalized spacial score (nSPS) is 10.1. The molecular weight excluding hydrogens is 292 g/mol. The van der Waals surface area contributed by atoms with Gasteiger partial charge in [0.1, 0.15) is 5.75 Å². The van der Waals surface area contributed by atoms with Crippen LogP contribution in [0.4, 0.5) is 11.4 Å². The summed E-state index contributed by atoms with van der Waals surface area (Å²) >= 11 is 0. The van der Waals surface area contributed by atoms with Gasteiger partial charge in [-0.3, -0.25) is 9.59 Å². The third-order valence-electron chi connectivity index (χ3n) is 3.67. The van der Waals surface area contributed by atoms with E-state index in [1.54, 1.807) is 43.5 Å². The number of nitrogens with one attached hydrogen (secondary N) is 2. The SMILES string of the molecule is COc1ccc(C(=O)Nc2ccc(NC(C)=O)cc2)c(C)c1C. The Hall–Kier alpha value is -2.82. The number of carbonyl (C=O) groups is 2. The predicted molar refractivity (Wildman–Crippen MR) is 91.2 cm³/mol. The van der Waals surface area contributed by atoms with Crippen LogP contribution < -0.4 is 15.4 Å². The first-order valence-corrected chi connectivity index (χ1v) is 7.25. The van der Waals surface area contributed by atoms with Crippen LogP contribution in [0.15, 0.2) is 36.4 Å². The molecule has 0 aliphatic carbocycles. The maximum atomic E-state index is 12.4. The molecule has 23 heavy (non-hydrogen) atoms. The molecule has 0 saturated heterocycles. The van der Waals surface area contributed by atoms with Gasteiger partial charge in [-0.25, -0.2) is 0 Å². The molecule has 0 spiro atoms. The number of amides is 2. The summed E-state index contributed by atoms with van der Waals surface area (Å²) in [5.74, 6) is 0.449. The first-order chi connectivity index (χ1) is 10.9. The number of methoxy groups -OCH3 is 1. The number of ether oxygens (including phenoxy) is 1. The Morgan fingerprint density at radius 1 is 0.870 bits per heavy atom. The predicted octanol–water partition coefficient (Wildman–Crippen LogP) is 3.52. The highest BCUT2D eigenvalue weighted by Crippen LogP contribution is 2.24. The van der Waals surface area contributed by atoms with Gasteiger partial charge in [0, 0.05) is 23.9 Å². The maximum absolute atomic E-state index is 12.4. The van der Waals surface area contributed by atoms with Crippen molar-refractivity contribution in [3.63, 3.8) is 0 Å². The smallest absolute Gasteiger partial charge is 0.255 e. The van der Waals surface area contributed by atoms with E-state index in [2.05, 4.69) is 10.6 Å². The zero-order valence-corrected chi connectivity index (χ0v) is 13.7. The first-order valence-electron chi connectivity index (χ1n) is 7.25. The van der Waals surface area contributed by atoms with E-state index in [0.717, 1.165) is 16.9 Å². The second kappa shape index (κ2) is 6.96. The second-order valence-electron chi connectivity index (χ2n) is 5.28. The Bertz CT molecular complexity index is 737.